The molecule has 184 valence electrons. The van der Waals surface area contributed by atoms with E-state index in [1.54, 1.807) is 0 Å². The number of hydrogen-bond donors (Lipinski definition) is 4. The third-order valence-electron chi connectivity index (χ3n) is 6.49. The minimum atomic E-state index is -4.36. The van der Waals surface area contributed by atoms with Gasteiger partial charge in [0.05, 0.1) is 11.6 Å². The van der Waals surface area contributed by atoms with Crippen molar-refractivity contribution in [3.63, 3.8) is 0 Å². The summed E-state index contributed by atoms with van der Waals surface area (Å²) in [6.07, 6.45) is -2.71. The number of aliphatic hydroxyl groups is 1. The molecule has 4 N–H and O–H groups in total. The summed E-state index contributed by atoms with van der Waals surface area (Å²) in [5.41, 5.74) is 1.79. The largest absolute Gasteiger partial charge is 0.442 e. The number of halogens is 3. The quantitative estimate of drug-likeness (QED) is 0.491. The SMILES string of the molecule is O=C(NCC[C@@H]1CCCN1)O[C@@H]1[C@@H](O)CN[C@@H]1Cc1ccc(-c2ccc(C(F)(F)F)cc2)cc1. The van der Waals surface area contributed by atoms with Crippen LogP contribution in [-0.2, 0) is 17.3 Å². The van der Waals surface area contributed by atoms with Crippen LogP contribution in [0.1, 0.15) is 30.4 Å². The van der Waals surface area contributed by atoms with Gasteiger partial charge in [0.2, 0.25) is 0 Å². The Kier molecular flexibility index (Phi) is 7.75. The van der Waals surface area contributed by atoms with Gasteiger partial charge in [0.1, 0.15) is 12.2 Å². The highest BCUT2D eigenvalue weighted by Gasteiger charge is 2.37. The number of alkyl halides is 3. The molecule has 4 atom stereocenters. The Hall–Kier alpha value is -2.62. The van der Waals surface area contributed by atoms with E-state index >= 15 is 0 Å². The molecule has 2 fully saturated rings. The van der Waals surface area contributed by atoms with E-state index in [0.29, 0.717) is 31.1 Å². The molecule has 0 unspecified atom stereocenters. The van der Waals surface area contributed by atoms with Gasteiger partial charge in [-0.15, -0.1) is 0 Å². The van der Waals surface area contributed by atoms with Gasteiger partial charge in [-0.2, -0.15) is 13.2 Å². The third-order valence-corrected chi connectivity index (χ3v) is 6.49. The first-order valence-electron chi connectivity index (χ1n) is 11.7. The highest BCUT2D eigenvalue weighted by molar-refractivity contribution is 5.67. The normalized spacial score (nSPS) is 24.8. The number of hydrogen-bond acceptors (Lipinski definition) is 5. The Morgan fingerprint density at radius 3 is 2.35 bits per heavy atom. The second-order valence-electron chi connectivity index (χ2n) is 8.94. The van der Waals surface area contributed by atoms with Crippen LogP contribution in [0.2, 0.25) is 0 Å². The number of alkyl carbamates (subject to hydrolysis) is 1. The maximum absolute atomic E-state index is 12.8. The molecular formula is C25H30F3N3O3. The Bertz CT molecular complexity index is 945. The molecule has 2 aromatic carbocycles. The van der Waals surface area contributed by atoms with Crippen molar-refractivity contribution in [1.29, 1.82) is 0 Å². The zero-order valence-electron chi connectivity index (χ0n) is 18.8. The summed E-state index contributed by atoms with van der Waals surface area (Å²) in [6.45, 7) is 1.86. The second-order valence-corrected chi connectivity index (χ2v) is 8.94. The topological polar surface area (TPSA) is 82.6 Å². The number of carbonyl (C=O) groups excluding carboxylic acids is 1. The lowest BCUT2D eigenvalue weighted by Gasteiger charge is -2.22. The van der Waals surface area contributed by atoms with Gasteiger partial charge in [-0.25, -0.2) is 4.79 Å². The number of amides is 1. The summed E-state index contributed by atoms with van der Waals surface area (Å²) < 4.78 is 43.8. The van der Waals surface area contributed by atoms with E-state index in [1.807, 2.05) is 24.3 Å². The molecule has 2 aliphatic heterocycles. The lowest BCUT2D eigenvalue weighted by atomic mass is 9.98. The molecule has 9 heteroatoms. The molecule has 1 amide bonds. The predicted octanol–water partition coefficient (Wildman–Crippen LogP) is 3.48. The highest BCUT2D eigenvalue weighted by Crippen LogP contribution is 2.31. The van der Waals surface area contributed by atoms with Gasteiger partial charge in [-0.05, 0) is 61.1 Å². The van der Waals surface area contributed by atoms with Crippen molar-refractivity contribution in [2.75, 3.05) is 19.6 Å². The average molecular weight is 478 g/mol. The Labute approximate surface area is 196 Å². The highest BCUT2D eigenvalue weighted by atomic mass is 19.4. The molecule has 0 aliphatic carbocycles. The number of β-amino-alcohol motifs (C(OH)–C–C–N with tert-alkyl or cyclic N) is 1. The Morgan fingerprint density at radius 1 is 1.06 bits per heavy atom. The summed E-state index contributed by atoms with van der Waals surface area (Å²) in [6, 6.07) is 12.7. The van der Waals surface area contributed by atoms with E-state index in [4.69, 9.17) is 4.74 Å². The first-order valence-corrected chi connectivity index (χ1v) is 11.7. The predicted molar refractivity (Wildman–Crippen MR) is 122 cm³/mol. The van der Waals surface area contributed by atoms with Crippen LogP contribution in [0.15, 0.2) is 48.5 Å². The molecule has 0 spiro atoms. The molecule has 6 nitrogen and oxygen atoms in total. The Balaban J connectivity index is 1.30. The van der Waals surface area contributed by atoms with Gasteiger partial charge in [-0.3, -0.25) is 0 Å². The fourth-order valence-electron chi connectivity index (χ4n) is 4.58. The van der Waals surface area contributed by atoms with E-state index in [1.165, 1.54) is 12.1 Å². The van der Waals surface area contributed by atoms with E-state index < -0.39 is 30.0 Å². The molecule has 2 aliphatic rings. The minimum absolute atomic E-state index is 0.242. The molecule has 0 radical (unpaired) electrons. The van der Waals surface area contributed by atoms with Crippen LogP contribution in [-0.4, -0.2) is 55.1 Å². The summed E-state index contributed by atoms with van der Waals surface area (Å²) in [4.78, 5) is 12.2. The van der Waals surface area contributed by atoms with E-state index in [0.717, 1.165) is 49.1 Å². The lowest BCUT2D eigenvalue weighted by molar-refractivity contribution is -0.137. The van der Waals surface area contributed by atoms with Crippen molar-refractivity contribution >= 4 is 6.09 Å². The summed E-state index contributed by atoms with van der Waals surface area (Å²) in [5.74, 6) is 0. The smallest absolute Gasteiger partial charge is 0.416 e. The first-order chi connectivity index (χ1) is 16.3. The van der Waals surface area contributed by atoms with Crippen molar-refractivity contribution < 1.29 is 27.8 Å². The van der Waals surface area contributed by atoms with Crippen molar-refractivity contribution in [3.8, 4) is 11.1 Å². The summed E-state index contributed by atoms with van der Waals surface area (Å²) in [7, 11) is 0. The zero-order valence-corrected chi connectivity index (χ0v) is 18.8. The molecule has 4 rings (SSSR count). The number of benzene rings is 2. The van der Waals surface area contributed by atoms with E-state index in [2.05, 4.69) is 16.0 Å². The summed E-state index contributed by atoms with van der Waals surface area (Å²) in [5, 5.41) is 19.7. The van der Waals surface area contributed by atoms with Gasteiger partial charge in [0, 0.05) is 19.1 Å². The van der Waals surface area contributed by atoms with Gasteiger partial charge in [0.15, 0.2) is 0 Å². The van der Waals surface area contributed by atoms with Crippen molar-refractivity contribution in [3.05, 3.63) is 59.7 Å². The monoisotopic (exact) mass is 477 g/mol. The van der Waals surface area contributed by atoms with Crippen LogP contribution in [0.5, 0.6) is 0 Å². The first kappa shape index (κ1) is 24.5. The van der Waals surface area contributed by atoms with Crippen molar-refractivity contribution in [2.24, 2.45) is 0 Å². The minimum Gasteiger partial charge on any atom is -0.442 e. The van der Waals surface area contributed by atoms with Crippen LogP contribution in [0.25, 0.3) is 11.1 Å². The van der Waals surface area contributed by atoms with Crippen LogP contribution < -0.4 is 16.0 Å². The van der Waals surface area contributed by atoms with Crippen LogP contribution in [0.3, 0.4) is 0 Å². The molecule has 0 aromatic heterocycles. The van der Waals surface area contributed by atoms with Crippen LogP contribution in [0, 0.1) is 0 Å². The number of aliphatic hydroxyl groups excluding tert-OH is 1. The second kappa shape index (κ2) is 10.8. The van der Waals surface area contributed by atoms with Gasteiger partial charge in [0.25, 0.3) is 0 Å². The number of nitrogens with one attached hydrogen (secondary N) is 3. The van der Waals surface area contributed by atoms with Gasteiger partial charge >= 0.3 is 12.3 Å². The zero-order chi connectivity index (χ0) is 24.1. The number of rotatable bonds is 7. The van der Waals surface area contributed by atoms with E-state index in [9.17, 15) is 23.1 Å². The fourth-order valence-corrected chi connectivity index (χ4v) is 4.58. The Morgan fingerprint density at radius 2 is 1.74 bits per heavy atom. The molecule has 0 saturated carbocycles. The number of ether oxygens (including phenoxy) is 1. The third kappa shape index (κ3) is 6.28. The summed E-state index contributed by atoms with van der Waals surface area (Å²) >= 11 is 0. The number of carbonyl (C=O) groups is 1. The molecule has 2 heterocycles. The average Bonchev–Trinajstić information content (AvgIpc) is 3.45. The van der Waals surface area contributed by atoms with Crippen molar-refractivity contribution in [1.82, 2.24) is 16.0 Å². The molecular weight excluding hydrogens is 447 g/mol. The molecule has 0 bridgehead atoms. The lowest BCUT2D eigenvalue weighted by Crippen LogP contribution is -2.42. The molecule has 34 heavy (non-hydrogen) atoms. The maximum Gasteiger partial charge on any atom is 0.416 e. The van der Waals surface area contributed by atoms with Crippen molar-refractivity contribution in [2.45, 2.75) is 56.2 Å². The van der Waals surface area contributed by atoms with Gasteiger partial charge < -0.3 is 25.8 Å². The molecule has 2 aromatic rings. The van der Waals surface area contributed by atoms with Gasteiger partial charge in [-0.1, -0.05) is 36.4 Å². The maximum atomic E-state index is 12.8. The molecule has 2 saturated heterocycles. The van der Waals surface area contributed by atoms with Crippen LogP contribution in [0.4, 0.5) is 18.0 Å². The van der Waals surface area contributed by atoms with Crippen LogP contribution >= 0.6 is 0 Å². The van der Waals surface area contributed by atoms with E-state index in [-0.39, 0.29) is 6.04 Å². The standard InChI is InChI=1S/C25H30F3N3O3/c26-25(27,28)19-9-7-18(8-10-19)17-5-3-16(4-6-17)14-21-23(22(32)15-31-21)34-24(33)30-13-11-20-2-1-12-29-20/h3-10,20-23,29,31-32H,1-2,11-15H2,(H,30,33)/t20-,21+,22-,23-/m0/s1. The fraction of sp³-hybridized carbons (Fsp3) is 0.480.